The van der Waals surface area contributed by atoms with E-state index in [-0.39, 0.29) is 36.5 Å². The summed E-state index contributed by atoms with van der Waals surface area (Å²) >= 11 is 0. The summed E-state index contributed by atoms with van der Waals surface area (Å²) in [6.07, 6.45) is 0. The number of hydrogen-bond donors (Lipinski definition) is 2. The zero-order valence-corrected chi connectivity index (χ0v) is 12.4. The largest absolute Gasteiger partial charge is 0.347 e. The second kappa shape index (κ2) is 5.55. The predicted molar refractivity (Wildman–Crippen MR) is 77.6 cm³/mol. The van der Waals surface area contributed by atoms with Crippen molar-refractivity contribution in [2.75, 3.05) is 6.54 Å². The van der Waals surface area contributed by atoms with Crippen molar-refractivity contribution in [3.05, 3.63) is 35.4 Å². The highest BCUT2D eigenvalue weighted by molar-refractivity contribution is 6.01. The molecule has 1 aromatic rings. The average molecular weight is 289 g/mol. The summed E-state index contributed by atoms with van der Waals surface area (Å²) in [4.78, 5) is 36.1. The predicted octanol–water partition coefficient (Wildman–Crippen LogP) is 1.27. The van der Waals surface area contributed by atoms with Gasteiger partial charge in [-0.3, -0.25) is 14.5 Å². The van der Waals surface area contributed by atoms with E-state index in [2.05, 4.69) is 10.6 Å². The van der Waals surface area contributed by atoms with Crippen LogP contribution in [-0.4, -0.2) is 34.8 Å². The molecule has 1 saturated heterocycles. The molecule has 0 saturated carbocycles. The van der Waals surface area contributed by atoms with Gasteiger partial charge in [-0.05, 0) is 38.5 Å². The first kappa shape index (κ1) is 15.0. The Hall–Kier alpha value is -2.37. The van der Waals surface area contributed by atoms with Crippen LogP contribution in [-0.2, 0) is 11.3 Å². The van der Waals surface area contributed by atoms with Crippen LogP contribution >= 0.6 is 0 Å². The Morgan fingerprint density at radius 3 is 2.33 bits per heavy atom. The van der Waals surface area contributed by atoms with Crippen molar-refractivity contribution < 1.29 is 14.4 Å². The number of benzene rings is 1. The lowest BCUT2D eigenvalue weighted by molar-refractivity contribution is -0.125. The fraction of sp³-hybridized carbons (Fsp3) is 0.400. The molecule has 1 aromatic carbocycles. The molecule has 0 bridgehead atoms. The van der Waals surface area contributed by atoms with Gasteiger partial charge in [0.2, 0.25) is 5.91 Å². The Balaban J connectivity index is 2.04. The van der Waals surface area contributed by atoms with Crippen molar-refractivity contribution in [1.82, 2.24) is 15.5 Å². The fourth-order valence-corrected chi connectivity index (χ4v) is 1.97. The van der Waals surface area contributed by atoms with Crippen LogP contribution in [0.25, 0.3) is 0 Å². The van der Waals surface area contributed by atoms with Gasteiger partial charge in [0.25, 0.3) is 5.91 Å². The molecule has 21 heavy (non-hydrogen) atoms. The minimum atomic E-state index is -0.380. The molecule has 1 aliphatic rings. The van der Waals surface area contributed by atoms with Crippen molar-refractivity contribution in [1.29, 1.82) is 0 Å². The quantitative estimate of drug-likeness (QED) is 0.822. The van der Waals surface area contributed by atoms with Gasteiger partial charge in [0.15, 0.2) is 0 Å². The van der Waals surface area contributed by atoms with E-state index in [1.807, 2.05) is 20.8 Å². The Labute approximate surface area is 123 Å². The molecule has 0 spiro atoms. The third-order valence-corrected chi connectivity index (χ3v) is 2.98. The maximum Gasteiger partial charge on any atom is 0.324 e. The molecule has 0 radical (unpaired) electrons. The summed E-state index contributed by atoms with van der Waals surface area (Å²) in [5.41, 5.74) is 1.05. The summed E-state index contributed by atoms with van der Waals surface area (Å²) in [5, 5.41) is 5.34. The number of carbonyl (C=O) groups is 3. The lowest BCUT2D eigenvalue weighted by Crippen LogP contribution is -2.40. The fourth-order valence-electron chi connectivity index (χ4n) is 1.97. The Morgan fingerprint density at radius 2 is 1.86 bits per heavy atom. The highest BCUT2D eigenvalue weighted by atomic mass is 16.2. The van der Waals surface area contributed by atoms with Gasteiger partial charge in [0.1, 0.15) is 0 Å². The smallest absolute Gasteiger partial charge is 0.324 e. The summed E-state index contributed by atoms with van der Waals surface area (Å²) in [6, 6.07) is 6.49. The van der Waals surface area contributed by atoms with Crippen molar-refractivity contribution in [2.45, 2.75) is 32.9 Å². The van der Waals surface area contributed by atoms with Crippen molar-refractivity contribution in [3.63, 3.8) is 0 Å². The van der Waals surface area contributed by atoms with Gasteiger partial charge in [-0.25, -0.2) is 4.79 Å². The van der Waals surface area contributed by atoms with E-state index in [4.69, 9.17) is 0 Å². The number of carbonyl (C=O) groups excluding carboxylic acids is 3. The summed E-state index contributed by atoms with van der Waals surface area (Å²) in [7, 11) is 0. The third-order valence-electron chi connectivity index (χ3n) is 2.98. The maximum absolute atomic E-state index is 12.0. The van der Waals surface area contributed by atoms with Crippen LogP contribution in [0.1, 0.15) is 36.7 Å². The standard InChI is InChI=1S/C15H19N3O3/c1-15(2,3)17-13(20)11-6-4-10(5-7-11)9-18-12(19)8-16-14(18)21/h4-7H,8-9H2,1-3H3,(H,16,21)(H,17,20). The van der Waals surface area contributed by atoms with Crippen molar-refractivity contribution >= 4 is 17.8 Å². The normalized spacial score (nSPS) is 15.1. The molecule has 0 atom stereocenters. The topological polar surface area (TPSA) is 78.5 Å². The summed E-state index contributed by atoms with van der Waals surface area (Å²) in [5.74, 6) is -0.390. The molecular formula is C15H19N3O3. The first-order valence-corrected chi connectivity index (χ1v) is 6.76. The second-order valence-electron chi connectivity index (χ2n) is 6.04. The first-order valence-electron chi connectivity index (χ1n) is 6.76. The van der Waals surface area contributed by atoms with E-state index in [1.54, 1.807) is 24.3 Å². The number of amides is 4. The monoisotopic (exact) mass is 289 g/mol. The third kappa shape index (κ3) is 3.81. The Kier molecular flexibility index (Phi) is 3.97. The van der Waals surface area contributed by atoms with Gasteiger partial charge in [-0.15, -0.1) is 0 Å². The first-order chi connectivity index (χ1) is 9.76. The van der Waals surface area contributed by atoms with Crippen LogP contribution in [0.3, 0.4) is 0 Å². The van der Waals surface area contributed by atoms with Gasteiger partial charge in [-0.2, -0.15) is 0 Å². The van der Waals surface area contributed by atoms with Crippen molar-refractivity contribution in [3.8, 4) is 0 Å². The van der Waals surface area contributed by atoms with Crippen LogP contribution in [0.4, 0.5) is 4.79 Å². The number of hydrogen-bond acceptors (Lipinski definition) is 3. The SMILES string of the molecule is CC(C)(C)NC(=O)c1ccc(CN2C(=O)CNC2=O)cc1. The molecule has 1 heterocycles. The minimum Gasteiger partial charge on any atom is -0.347 e. The average Bonchev–Trinajstić information content (AvgIpc) is 2.69. The minimum absolute atomic E-state index is 0.0465. The number of rotatable bonds is 3. The molecule has 112 valence electrons. The highest BCUT2D eigenvalue weighted by Crippen LogP contribution is 2.11. The molecule has 0 aliphatic carbocycles. The Morgan fingerprint density at radius 1 is 1.24 bits per heavy atom. The molecule has 0 aromatic heterocycles. The maximum atomic E-state index is 12.0. The van der Waals surface area contributed by atoms with Crippen LogP contribution in [0, 0.1) is 0 Å². The van der Waals surface area contributed by atoms with E-state index in [9.17, 15) is 14.4 Å². The Bertz CT molecular complexity index is 557. The zero-order valence-electron chi connectivity index (χ0n) is 12.4. The number of nitrogens with one attached hydrogen (secondary N) is 2. The van der Waals surface area contributed by atoms with E-state index in [1.165, 1.54) is 0 Å². The molecule has 2 rings (SSSR count). The van der Waals surface area contributed by atoms with E-state index >= 15 is 0 Å². The van der Waals surface area contributed by atoms with Crippen molar-refractivity contribution in [2.24, 2.45) is 0 Å². The summed E-state index contributed by atoms with van der Waals surface area (Å²) < 4.78 is 0. The second-order valence-corrected chi connectivity index (χ2v) is 6.04. The van der Waals surface area contributed by atoms with Gasteiger partial charge >= 0.3 is 6.03 Å². The highest BCUT2D eigenvalue weighted by Gasteiger charge is 2.28. The molecule has 6 nitrogen and oxygen atoms in total. The van der Waals surface area contributed by atoms with E-state index in [0.717, 1.165) is 10.5 Å². The van der Waals surface area contributed by atoms with Crippen LogP contribution < -0.4 is 10.6 Å². The van der Waals surface area contributed by atoms with Crippen LogP contribution in [0.2, 0.25) is 0 Å². The number of urea groups is 1. The molecule has 0 unspecified atom stereocenters. The molecule has 6 heteroatoms. The molecule has 4 amide bonds. The molecule has 1 aliphatic heterocycles. The number of nitrogens with zero attached hydrogens (tertiary/aromatic N) is 1. The lowest BCUT2D eigenvalue weighted by atomic mass is 10.1. The van der Waals surface area contributed by atoms with E-state index in [0.29, 0.717) is 5.56 Å². The van der Waals surface area contributed by atoms with Crippen LogP contribution in [0.15, 0.2) is 24.3 Å². The molecule has 1 fully saturated rings. The van der Waals surface area contributed by atoms with Gasteiger partial charge in [0, 0.05) is 11.1 Å². The number of imide groups is 1. The van der Waals surface area contributed by atoms with Gasteiger partial charge < -0.3 is 10.6 Å². The van der Waals surface area contributed by atoms with E-state index < -0.39 is 0 Å². The summed E-state index contributed by atoms with van der Waals surface area (Å²) in [6.45, 7) is 6.00. The lowest BCUT2D eigenvalue weighted by Gasteiger charge is -2.20. The van der Waals surface area contributed by atoms with Gasteiger partial charge in [-0.1, -0.05) is 12.1 Å². The zero-order chi connectivity index (χ0) is 15.6. The molecular weight excluding hydrogens is 270 g/mol. The van der Waals surface area contributed by atoms with Gasteiger partial charge in [0.05, 0.1) is 13.1 Å². The van der Waals surface area contributed by atoms with Crippen LogP contribution in [0.5, 0.6) is 0 Å². The molecule has 2 N–H and O–H groups in total.